The molecule has 3 N–H and O–H groups in total. The van der Waals surface area contributed by atoms with Crippen LogP contribution in [0, 0.1) is 19.8 Å². The molecule has 0 bridgehead atoms. The highest BCUT2D eigenvalue weighted by Gasteiger charge is 2.26. The fraction of sp³-hybridized carbons (Fsp3) is 0.478. The van der Waals surface area contributed by atoms with Gasteiger partial charge in [0.15, 0.2) is 22.1 Å². The minimum Gasteiger partial charge on any atom is -0.384 e. The van der Waals surface area contributed by atoms with Crippen molar-refractivity contribution in [3.63, 3.8) is 0 Å². The number of rotatable bonds is 6. The fourth-order valence-electron chi connectivity index (χ4n) is 4.16. The number of aromatic nitrogens is 4. The molecule has 1 aliphatic heterocycles. The Morgan fingerprint density at radius 2 is 1.97 bits per heavy atom. The number of fused-ring (bicyclic) bond motifs is 1. The lowest BCUT2D eigenvalue weighted by molar-refractivity contribution is -0.140. The van der Waals surface area contributed by atoms with E-state index in [0.717, 1.165) is 46.0 Å². The van der Waals surface area contributed by atoms with Gasteiger partial charge in [0.2, 0.25) is 0 Å². The van der Waals surface area contributed by atoms with Crippen LogP contribution in [0.5, 0.6) is 0 Å². The second-order valence-electron chi connectivity index (χ2n) is 8.68. The van der Waals surface area contributed by atoms with E-state index in [-0.39, 0.29) is 5.91 Å². The number of amides is 1. The molecule has 4 rings (SSSR count). The number of nitrogen functional groups attached to an aromatic ring is 1. The second-order valence-corrected chi connectivity index (χ2v) is 10.5. The summed E-state index contributed by atoms with van der Waals surface area (Å²) in [4.78, 5) is 28.3. The standard InChI is InChI=1S/C23H29BrN6O2S/c1-13-10-17(24)18(11-14(13)2)33-23-28-19-20(25)26-12-27-21(19)30(23)9-6-16-4-7-29(8-5-16)22(32)15(3)31/h10-12,15-16,31H,4-9H2,1-3H3,(H2,25,26,27)/t15-/m0/s1. The van der Waals surface area contributed by atoms with E-state index >= 15 is 0 Å². The highest BCUT2D eigenvalue weighted by Crippen LogP contribution is 2.37. The summed E-state index contributed by atoms with van der Waals surface area (Å²) in [6, 6.07) is 4.29. The van der Waals surface area contributed by atoms with E-state index in [9.17, 15) is 9.90 Å². The van der Waals surface area contributed by atoms with Gasteiger partial charge in [-0.05, 0) is 85.1 Å². The van der Waals surface area contributed by atoms with E-state index in [1.54, 1.807) is 16.7 Å². The summed E-state index contributed by atoms with van der Waals surface area (Å²) in [7, 11) is 0. The first-order valence-electron chi connectivity index (χ1n) is 11.1. The van der Waals surface area contributed by atoms with Gasteiger partial charge in [0.1, 0.15) is 12.4 Å². The Morgan fingerprint density at radius 3 is 2.67 bits per heavy atom. The molecular formula is C23H29BrN6O2S. The molecule has 1 saturated heterocycles. The van der Waals surface area contributed by atoms with E-state index in [1.807, 2.05) is 0 Å². The third-order valence-electron chi connectivity index (χ3n) is 6.32. The second kappa shape index (κ2) is 9.99. The summed E-state index contributed by atoms with van der Waals surface area (Å²) < 4.78 is 3.16. The van der Waals surface area contributed by atoms with Crippen LogP contribution >= 0.6 is 27.7 Å². The number of hydrogen-bond donors (Lipinski definition) is 2. The molecule has 33 heavy (non-hydrogen) atoms. The average molecular weight is 533 g/mol. The Kier molecular flexibility index (Phi) is 7.25. The van der Waals surface area contributed by atoms with E-state index in [0.29, 0.717) is 30.3 Å². The average Bonchev–Trinajstić information content (AvgIpc) is 3.14. The number of imidazole rings is 1. The summed E-state index contributed by atoms with van der Waals surface area (Å²) in [5.41, 5.74) is 9.93. The molecule has 1 aliphatic rings. The first kappa shape index (κ1) is 24.0. The number of nitrogens with two attached hydrogens (primary N) is 1. The van der Waals surface area contributed by atoms with Crippen molar-refractivity contribution >= 4 is 50.6 Å². The van der Waals surface area contributed by atoms with Gasteiger partial charge in [-0.1, -0.05) is 11.8 Å². The predicted octanol–water partition coefficient (Wildman–Crippen LogP) is 3.95. The number of nitrogens with zero attached hydrogens (tertiary/aromatic N) is 5. The largest absolute Gasteiger partial charge is 0.384 e. The first-order chi connectivity index (χ1) is 15.7. The van der Waals surface area contributed by atoms with Crippen molar-refractivity contribution in [2.75, 3.05) is 18.8 Å². The molecule has 1 amide bonds. The molecule has 1 fully saturated rings. The summed E-state index contributed by atoms with van der Waals surface area (Å²) >= 11 is 5.28. The molecule has 0 aliphatic carbocycles. The summed E-state index contributed by atoms with van der Waals surface area (Å²) in [6.07, 6.45) is 3.35. The van der Waals surface area contributed by atoms with Crippen LogP contribution in [-0.4, -0.2) is 54.6 Å². The van der Waals surface area contributed by atoms with Crippen molar-refractivity contribution < 1.29 is 9.90 Å². The minimum atomic E-state index is -0.937. The quantitative estimate of drug-likeness (QED) is 0.494. The molecule has 1 aromatic carbocycles. The lowest BCUT2D eigenvalue weighted by atomic mass is 9.93. The van der Waals surface area contributed by atoms with E-state index in [1.165, 1.54) is 24.4 Å². The van der Waals surface area contributed by atoms with E-state index in [2.05, 4.69) is 56.4 Å². The zero-order valence-corrected chi connectivity index (χ0v) is 21.5. The Balaban J connectivity index is 1.54. The number of halogens is 1. The number of benzene rings is 1. The normalized spacial score (nSPS) is 15.8. The van der Waals surface area contributed by atoms with Crippen LogP contribution in [-0.2, 0) is 11.3 Å². The van der Waals surface area contributed by atoms with Crippen LogP contribution in [0.15, 0.2) is 33.0 Å². The highest BCUT2D eigenvalue weighted by molar-refractivity contribution is 9.10. The zero-order chi connectivity index (χ0) is 23.7. The Hall–Kier alpha value is -2.17. The summed E-state index contributed by atoms with van der Waals surface area (Å²) in [5, 5.41) is 10.4. The van der Waals surface area contributed by atoms with Gasteiger partial charge in [-0.15, -0.1) is 0 Å². The Morgan fingerprint density at radius 1 is 1.27 bits per heavy atom. The van der Waals surface area contributed by atoms with Crippen LogP contribution < -0.4 is 5.73 Å². The van der Waals surface area contributed by atoms with Gasteiger partial charge in [0, 0.05) is 29.0 Å². The summed E-state index contributed by atoms with van der Waals surface area (Å²) in [6.45, 7) is 7.86. The van der Waals surface area contributed by atoms with Crippen LogP contribution in [0.1, 0.15) is 37.3 Å². The Labute approximate surface area is 206 Å². The van der Waals surface area contributed by atoms with Gasteiger partial charge >= 0.3 is 0 Å². The lowest BCUT2D eigenvalue weighted by Gasteiger charge is -2.32. The monoisotopic (exact) mass is 532 g/mol. The highest BCUT2D eigenvalue weighted by atomic mass is 79.9. The number of piperidine rings is 1. The van der Waals surface area contributed by atoms with Gasteiger partial charge in [-0.25, -0.2) is 15.0 Å². The van der Waals surface area contributed by atoms with Crippen LogP contribution in [0.3, 0.4) is 0 Å². The maximum absolute atomic E-state index is 12.0. The SMILES string of the molecule is Cc1cc(Br)c(Sc2nc3c(N)ncnc3n2CCC2CCN(C(=O)[C@H](C)O)CC2)cc1C. The maximum atomic E-state index is 12.0. The molecule has 2 aromatic heterocycles. The molecular weight excluding hydrogens is 504 g/mol. The zero-order valence-electron chi connectivity index (χ0n) is 19.1. The fourth-order valence-corrected chi connectivity index (χ4v) is 5.88. The number of aliphatic hydroxyl groups excluding tert-OH is 1. The smallest absolute Gasteiger partial charge is 0.251 e. The number of aryl methyl sites for hydroxylation is 3. The van der Waals surface area contributed by atoms with Gasteiger partial charge in [-0.2, -0.15) is 0 Å². The molecule has 0 spiro atoms. The minimum absolute atomic E-state index is 0.182. The van der Waals surface area contributed by atoms with Gasteiger partial charge < -0.3 is 20.3 Å². The summed E-state index contributed by atoms with van der Waals surface area (Å²) in [5.74, 6) is 0.689. The molecule has 1 atom stereocenters. The molecule has 0 unspecified atom stereocenters. The van der Waals surface area contributed by atoms with Crippen LogP contribution in [0.25, 0.3) is 11.2 Å². The molecule has 3 heterocycles. The third kappa shape index (κ3) is 5.17. The lowest BCUT2D eigenvalue weighted by Crippen LogP contribution is -2.43. The first-order valence-corrected chi connectivity index (χ1v) is 12.7. The number of anilines is 1. The predicted molar refractivity (Wildman–Crippen MR) is 133 cm³/mol. The number of likely N-dealkylation sites (tertiary alicyclic amines) is 1. The van der Waals surface area contributed by atoms with Crippen molar-refractivity contribution in [2.24, 2.45) is 5.92 Å². The van der Waals surface area contributed by atoms with Gasteiger partial charge in [0.25, 0.3) is 5.91 Å². The van der Waals surface area contributed by atoms with Crippen LogP contribution in [0.4, 0.5) is 5.82 Å². The molecule has 0 radical (unpaired) electrons. The van der Waals surface area contributed by atoms with Gasteiger partial charge in [0.05, 0.1) is 0 Å². The van der Waals surface area contributed by atoms with Crippen molar-refractivity contribution in [1.29, 1.82) is 0 Å². The van der Waals surface area contributed by atoms with Crippen LogP contribution in [0.2, 0.25) is 0 Å². The third-order valence-corrected chi connectivity index (χ3v) is 8.29. The molecule has 10 heteroatoms. The van der Waals surface area contributed by atoms with Crippen molar-refractivity contribution in [3.8, 4) is 0 Å². The topological polar surface area (TPSA) is 110 Å². The molecule has 8 nitrogen and oxygen atoms in total. The van der Waals surface area contributed by atoms with Crippen molar-refractivity contribution in [1.82, 2.24) is 24.4 Å². The number of carbonyl (C=O) groups excluding carboxylic acids is 1. The van der Waals surface area contributed by atoms with E-state index in [4.69, 9.17) is 10.7 Å². The van der Waals surface area contributed by atoms with E-state index < -0.39 is 6.10 Å². The Bertz CT molecular complexity index is 1170. The number of aliphatic hydroxyl groups is 1. The van der Waals surface area contributed by atoms with Crippen molar-refractivity contribution in [2.45, 2.75) is 62.7 Å². The number of carbonyl (C=O) groups is 1. The van der Waals surface area contributed by atoms with Crippen molar-refractivity contribution in [3.05, 3.63) is 34.1 Å². The number of hydrogen-bond acceptors (Lipinski definition) is 7. The maximum Gasteiger partial charge on any atom is 0.251 e. The molecule has 3 aromatic rings. The molecule has 0 saturated carbocycles. The van der Waals surface area contributed by atoms with Gasteiger partial charge in [-0.3, -0.25) is 4.79 Å². The molecule has 176 valence electrons.